The van der Waals surface area contributed by atoms with E-state index in [0.29, 0.717) is 18.0 Å². The third-order valence-electron chi connectivity index (χ3n) is 2.33. The maximum absolute atomic E-state index is 11.9. The average Bonchev–Trinajstić information content (AvgIpc) is 2.63. The van der Waals surface area contributed by atoms with Gasteiger partial charge < -0.3 is 4.98 Å². The topological polar surface area (TPSA) is 45.8 Å². The molecule has 2 rings (SSSR count). The second-order valence-electron chi connectivity index (χ2n) is 4.12. The van der Waals surface area contributed by atoms with Crippen molar-refractivity contribution >= 4 is 16.7 Å². The van der Waals surface area contributed by atoms with Crippen molar-refractivity contribution in [3.05, 3.63) is 30.2 Å². The van der Waals surface area contributed by atoms with Gasteiger partial charge in [0.25, 0.3) is 0 Å². The van der Waals surface area contributed by atoms with Gasteiger partial charge in [-0.05, 0) is 18.1 Å². The molecule has 0 saturated carbocycles. The lowest BCUT2D eigenvalue weighted by Gasteiger charge is -2.04. The first-order valence-electron chi connectivity index (χ1n) is 5.14. The minimum Gasteiger partial charge on any atom is -0.359 e. The van der Waals surface area contributed by atoms with Crippen LogP contribution in [0.1, 0.15) is 30.8 Å². The second kappa shape index (κ2) is 3.85. The van der Waals surface area contributed by atoms with Gasteiger partial charge in [0.15, 0.2) is 5.78 Å². The quantitative estimate of drug-likeness (QED) is 0.778. The number of nitrogens with one attached hydrogen (secondary N) is 1. The third-order valence-corrected chi connectivity index (χ3v) is 2.33. The Bertz CT molecular complexity index is 485. The van der Waals surface area contributed by atoms with Crippen LogP contribution < -0.4 is 0 Å². The summed E-state index contributed by atoms with van der Waals surface area (Å²) in [5, 5.41) is 1.04. The van der Waals surface area contributed by atoms with Crippen LogP contribution in [0.3, 0.4) is 0 Å². The molecule has 1 N–H and O–H groups in total. The summed E-state index contributed by atoms with van der Waals surface area (Å²) < 4.78 is 0. The van der Waals surface area contributed by atoms with Gasteiger partial charge in [-0.2, -0.15) is 0 Å². The Balaban J connectivity index is 2.42. The first-order valence-corrected chi connectivity index (χ1v) is 5.14. The Labute approximate surface area is 88.5 Å². The fraction of sp³-hybridized carbons (Fsp3) is 0.333. The van der Waals surface area contributed by atoms with Gasteiger partial charge in [-0.1, -0.05) is 13.8 Å². The average molecular weight is 202 g/mol. The van der Waals surface area contributed by atoms with Crippen LogP contribution in [0.25, 0.3) is 10.9 Å². The number of aromatic amines is 1. The van der Waals surface area contributed by atoms with Crippen molar-refractivity contribution in [2.75, 3.05) is 0 Å². The van der Waals surface area contributed by atoms with E-state index in [-0.39, 0.29) is 5.78 Å². The lowest BCUT2D eigenvalue weighted by molar-refractivity contribution is 0.0964. The molecular formula is C12H14N2O. The molecule has 0 aliphatic heterocycles. The first-order chi connectivity index (χ1) is 7.18. The zero-order valence-electron chi connectivity index (χ0n) is 8.95. The van der Waals surface area contributed by atoms with Crippen LogP contribution >= 0.6 is 0 Å². The predicted molar refractivity (Wildman–Crippen MR) is 59.9 cm³/mol. The van der Waals surface area contributed by atoms with Crippen molar-refractivity contribution in [3.63, 3.8) is 0 Å². The summed E-state index contributed by atoms with van der Waals surface area (Å²) in [5.41, 5.74) is 1.41. The number of rotatable bonds is 3. The van der Waals surface area contributed by atoms with E-state index in [4.69, 9.17) is 0 Å². The number of pyridine rings is 1. The highest BCUT2D eigenvalue weighted by Gasteiger charge is 2.13. The molecule has 3 heteroatoms. The van der Waals surface area contributed by atoms with Crippen LogP contribution in [0.4, 0.5) is 0 Å². The van der Waals surface area contributed by atoms with Crippen LogP contribution in [0.15, 0.2) is 24.5 Å². The minimum absolute atomic E-state index is 0.109. The molecule has 0 aliphatic rings. The molecule has 2 aromatic rings. The molecule has 2 aromatic heterocycles. The zero-order valence-corrected chi connectivity index (χ0v) is 8.95. The summed E-state index contributed by atoms with van der Waals surface area (Å²) in [6, 6.07) is 3.85. The van der Waals surface area contributed by atoms with Crippen LogP contribution in [0.5, 0.6) is 0 Å². The molecule has 0 amide bonds. The summed E-state index contributed by atoms with van der Waals surface area (Å²) in [7, 11) is 0. The standard InChI is InChI=1S/C12H14N2O/c1-8(2)7-10(15)12-11-9(3-5-13-11)4-6-14-12/h3-6,8,13H,7H2,1-2H3. The van der Waals surface area contributed by atoms with Gasteiger partial charge in [0.2, 0.25) is 0 Å². The Morgan fingerprint density at radius 3 is 3.00 bits per heavy atom. The number of aromatic nitrogens is 2. The van der Waals surface area contributed by atoms with Gasteiger partial charge in [0, 0.05) is 24.2 Å². The minimum atomic E-state index is 0.109. The lowest BCUT2D eigenvalue weighted by Crippen LogP contribution is -2.06. The molecule has 15 heavy (non-hydrogen) atoms. The van der Waals surface area contributed by atoms with Crippen molar-refractivity contribution in [1.82, 2.24) is 9.97 Å². The summed E-state index contributed by atoms with van der Waals surface area (Å²) in [6.07, 6.45) is 4.06. The number of nitrogens with zero attached hydrogens (tertiary/aromatic N) is 1. The SMILES string of the molecule is CC(C)CC(=O)c1nccc2cc[nH]c12. The first kappa shape index (κ1) is 9.90. The number of H-pyrrole nitrogens is 1. The maximum atomic E-state index is 11.9. The smallest absolute Gasteiger partial charge is 0.183 e. The van der Waals surface area contributed by atoms with E-state index in [9.17, 15) is 4.79 Å². The number of hydrogen-bond acceptors (Lipinski definition) is 2. The molecule has 0 bridgehead atoms. The van der Waals surface area contributed by atoms with Crippen molar-refractivity contribution < 1.29 is 4.79 Å². The van der Waals surface area contributed by atoms with E-state index >= 15 is 0 Å². The van der Waals surface area contributed by atoms with Gasteiger partial charge in [-0.25, -0.2) is 0 Å². The van der Waals surface area contributed by atoms with Crippen molar-refractivity contribution in [2.45, 2.75) is 20.3 Å². The summed E-state index contributed by atoms with van der Waals surface area (Å²) in [5.74, 6) is 0.475. The second-order valence-corrected chi connectivity index (χ2v) is 4.12. The monoisotopic (exact) mass is 202 g/mol. The summed E-state index contributed by atoms with van der Waals surface area (Å²) in [4.78, 5) is 19.1. The number of fused-ring (bicyclic) bond motifs is 1. The zero-order chi connectivity index (χ0) is 10.8. The lowest BCUT2D eigenvalue weighted by atomic mass is 10.0. The Kier molecular flexibility index (Phi) is 2.54. The molecule has 2 heterocycles. The fourth-order valence-corrected chi connectivity index (χ4v) is 1.66. The van der Waals surface area contributed by atoms with Crippen LogP contribution in [0.2, 0.25) is 0 Å². The molecule has 0 saturated heterocycles. The summed E-state index contributed by atoms with van der Waals surface area (Å²) >= 11 is 0. The van der Waals surface area contributed by atoms with Crippen LogP contribution in [0, 0.1) is 5.92 Å². The number of hydrogen-bond donors (Lipinski definition) is 1. The molecule has 0 aliphatic carbocycles. The molecule has 0 atom stereocenters. The Morgan fingerprint density at radius 1 is 1.47 bits per heavy atom. The molecule has 3 nitrogen and oxygen atoms in total. The van der Waals surface area contributed by atoms with Crippen molar-refractivity contribution in [2.24, 2.45) is 5.92 Å². The number of carbonyl (C=O) groups is 1. The van der Waals surface area contributed by atoms with E-state index in [1.165, 1.54) is 0 Å². The maximum Gasteiger partial charge on any atom is 0.183 e. The Morgan fingerprint density at radius 2 is 2.27 bits per heavy atom. The summed E-state index contributed by atoms with van der Waals surface area (Å²) in [6.45, 7) is 4.07. The number of carbonyl (C=O) groups excluding carboxylic acids is 1. The van der Waals surface area contributed by atoms with Gasteiger partial charge in [0.1, 0.15) is 5.69 Å². The molecule has 0 aromatic carbocycles. The van der Waals surface area contributed by atoms with E-state index in [1.807, 2.05) is 32.2 Å². The predicted octanol–water partition coefficient (Wildman–Crippen LogP) is 2.79. The Hall–Kier alpha value is -1.64. The normalized spacial score (nSPS) is 11.1. The molecular weight excluding hydrogens is 188 g/mol. The van der Waals surface area contributed by atoms with E-state index < -0.39 is 0 Å². The number of Topliss-reactive ketones (excluding diaryl/α,β-unsaturated/α-hetero) is 1. The van der Waals surface area contributed by atoms with Crippen LogP contribution in [-0.2, 0) is 0 Å². The van der Waals surface area contributed by atoms with Gasteiger partial charge in [-0.15, -0.1) is 0 Å². The van der Waals surface area contributed by atoms with Crippen LogP contribution in [-0.4, -0.2) is 15.8 Å². The highest BCUT2D eigenvalue weighted by molar-refractivity contribution is 6.04. The van der Waals surface area contributed by atoms with Crippen molar-refractivity contribution in [3.8, 4) is 0 Å². The van der Waals surface area contributed by atoms with E-state index in [0.717, 1.165) is 10.9 Å². The third kappa shape index (κ3) is 1.91. The highest BCUT2D eigenvalue weighted by Crippen LogP contribution is 2.17. The van der Waals surface area contributed by atoms with E-state index in [2.05, 4.69) is 9.97 Å². The largest absolute Gasteiger partial charge is 0.359 e. The fourth-order valence-electron chi connectivity index (χ4n) is 1.66. The molecule has 0 unspecified atom stereocenters. The molecule has 0 radical (unpaired) electrons. The van der Waals surface area contributed by atoms with Gasteiger partial charge >= 0.3 is 0 Å². The van der Waals surface area contributed by atoms with E-state index in [1.54, 1.807) is 6.20 Å². The van der Waals surface area contributed by atoms with Gasteiger partial charge in [-0.3, -0.25) is 9.78 Å². The number of ketones is 1. The molecule has 78 valence electrons. The highest BCUT2D eigenvalue weighted by atomic mass is 16.1. The molecule has 0 fully saturated rings. The van der Waals surface area contributed by atoms with Crippen molar-refractivity contribution in [1.29, 1.82) is 0 Å². The molecule has 0 spiro atoms. The van der Waals surface area contributed by atoms with Gasteiger partial charge in [0.05, 0.1) is 5.52 Å².